The number of nitrogens with one attached hydrogen (secondary N) is 1. The maximum atomic E-state index is 11.7. The van der Waals surface area contributed by atoms with Gasteiger partial charge in [0.15, 0.2) is 0 Å². The number of benzene rings is 2. The van der Waals surface area contributed by atoms with Crippen molar-refractivity contribution in [1.82, 2.24) is 0 Å². The van der Waals surface area contributed by atoms with Crippen molar-refractivity contribution in [3.63, 3.8) is 0 Å². The van der Waals surface area contributed by atoms with Crippen molar-refractivity contribution in [1.29, 1.82) is 0 Å². The number of aryl methyl sites for hydroxylation is 1. The number of esters is 1. The Labute approximate surface area is 148 Å². The SMILES string of the molecule is COC(=O)c1ccc([C@@H]2Nc3c(ccc(C)c3C)[C@@H]3C=CC[C@@H]32)cc1. The Hall–Kier alpha value is -2.55. The summed E-state index contributed by atoms with van der Waals surface area (Å²) in [5.74, 6) is 0.680. The number of hydrogen-bond acceptors (Lipinski definition) is 3. The summed E-state index contributed by atoms with van der Waals surface area (Å²) in [6, 6.07) is 12.6. The predicted octanol–water partition coefficient (Wildman–Crippen LogP) is 4.92. The molecular formula is C22H23NO2. The van der Waals surface area contributed by atoms with Gasteiger partial charge in [-0.15, -0.1) is 0 Å². The zero-order valence-electron chi connectivity index (χ0n) is 14.9. The van der Waals surface area contributed by atoms with E-state index in [2.05, 4.69) is 55.6 Å². The zero-order chi connectivity index (χ0) is 17.6. The molecule has 4 rings (SSSR count). The molecule has 0 spiro atoms. The number of allylic oxidation sites excluding steroid dienone is 2. The van der Waals surface area contributed by atoms with E-state index in [1.165, 1.54) is 35.1 Å². The molecule has 3 nitrogen and oxygen atoms in total. The van der Waals surface area contributed by atoms with Crippen molar-refractivity contribution >= 4 is 11.7 Å². The lowest BCUT2D eigenvalue weighted by atomic mass is 9.76. The van der Waals surface area contributed by atoms with E-state index < -0.39 is 0 Å². The second-order valence-electron chi connectivity index (χ2n) is 7.06. The van der Waals surface area contributed by atoms with E-state index >= 15 is 0 Å². The highest BCUT2D eigenvalue weighted by Crippen LogP contribution is 2.50. The van der Waals surface area contributed by atoms with Crippen LogP contribution in [0.25, 0.3) is 0 Å². The second kappa shape index (κ2) is 6.07. The third-order valence-corrected chi connectivity index (χ3v) is 5.76. The standard InChI is InChI=1S/C22H23NO2/c1-13-7-12-19-17-5-4-6-18(17)21(23-20(19)14(13)2)15-8-10-16(11-9-15)22(24)25-3/h4-5,7-12,17-18,21,23H,6H2,1-3H3/t17-,18+,21+/m1/s1. The van der Waals surface area contributed by atoms with Crippen molar-refractivity contribution in [2.24, 2.45) is 5.92 Å². The number of carbonyl (C=O) groups excluding carboxylic acids is 1. The molecule has 1 heterocycles. The summed E-state index contributed by atoms with van der Waals surface area (Å²) in [4.78, 5) is 11.7. The predicted molar refractivity (Wildman–Crippen MR) is 100 cm³/mol. The Bertz CT molecular complexity index is 851. The Kier molecular flexibility index (Phi) is 3.87. The molecule has 0 fully saturated rings. The Morgan fingerprint density at radius 1 is 1.12 bits per heavy atom. The van der Waals surface area contributed by atoms with Crippen LogP contribution in [0.5, 0.6) is 0 Å². The highest BCUT2D eigenvalue weighted by atomic mass is 16.5. The highest BCUT2D eigenvalue weighted by molar-refractivity contribution is 5.89. The van der Waals surface area contributed by atoms with Gasteiger partial charge in [0, 0.05) is 11.6 Å². The molecule has 3 heteroatoms. The summed E-state index contributed by atoms with van der Waals surface area (Å²) in [5, 5.41) is 3.80. The van der Waals surface area contributed by atoms with Crippen molar-refractivity contribution in [3.8, 4) is 0 Å². The lowest BCUT2D eigenvalue weighted by Crippen LogP contribution is -2.29. The fourth-order valence-electron chi connectivity index (χ4n) is 4.19. The lowest BCUT2D eigenvalue weighted by Gasteiger charge is -2.38. The average Bonchev–Trinajstić information content (AvgIpc) is 3.13. The summed E-state index contributed by atoms with van der Waals surface area (Å²) in [5.41, 5.74) is 7.13. The molecule has 0 amide bonds. The summed E-state index contributed by atoms with van der Waals surface area (Å²) in [6.07, 6.45) is 5.74. The van der Waals surface area contributed by atoms with Crippen molar-refractivity contribution in [3.05, 3.63) is 76.4 Å². The minimum absolute atomic E-state index is 0.250. The number of rotatable bonds is 2. The van der Waals surface area contributed by atoms with Gasteiger partial charge in [-0.1, -0.05) is 36.4 Å². The third kappa shape index (κ3) is 2.55. The molecule has 0 radical (unpaired) electrons. The first-order chi connectivity index (χ1) is 12.1. The van der Waals surface area contributed by atoms with Crippen molar-refractivity contribution < 1.29 is 9.53 Å². The van der Waals surface area contributed by atoms with Gasteiger partial charge in [0.2, 0.25) is 0 Å². The summed E-state index contributed by atoms with van der Waals surface area (Å²) < 4.78 is 4.80. The van der Waals surface area contributed by atoms with Crippen LogP contribution in [0.2, 0.25) is 0 Å². The molecule has 1 aliphatic carbocycles. The van der Waals surface area contributed by atoms with Crippen molar-refractivity contribution in [2.75, 3.05) is 12.4 Å². The molecule has 2 aromatic carbocycles. The minimum Gasteiger partial charge on any atom is -0.465 e. The quantitative estimate of drug-likeness (QED) is 0.626. The molecule has 0 unspecified atom stereocenters. The minimum atomic E-state index is -0.291. The normalized spacial score (nSPS) is 23.6. The Balaban J connectivity index is 1.73. The largest absolute Gasteiger partial charge is 0.465 e. The first-order valence-corrected chi connectivity index (χ1v) is 8.81. The first kappa shape index (κ1) is 15.9. The van der Waals surface area contributed by atoms with Crippen LogP contribution < -0.4 is 5.32 Å². The Morgan fingerprint density at radius 2 is 1.88 bits per heavy atom. The molecule has 0 bridgehead atoms. The van der Waals surface area contributed by atoms with Gasteiger partial charge < -0.3 is 10.1 Å². The molecule has 2 aromatic rings. The molecule has 128 valence electrons. The molecule has 25 heavy (non-hydrogen) atoms. The first-order valence-electron chi connectivity index (χ1n) is 8.81. The van der Waals surface area contributed by atoms with E-state index in [4.69, 9.17) is 4.74 Å². The summed E-state index contributed by atoms with van der Waals surface area (Å²) in [7, 11) is 1.41. The van der Waals surface area contributed by atoms with Gasteiger partial charge in [-0.2, -0.15) is 0 Å². The number of hydrogen-bond donors (Lipinski definition) is 1. The van der Waals surface area contributed by atoms with Crippen LogP contribution in [0.4, 0.5) is 5.69 Å². The molecule has 1 aliphatic heterocycles. The van der Waals surface area contributed by atoms with E-state index in [1.807, 2.05) is 12.1 Å². The lowest BCUT2D eigenvalue weighted by molar-refractivity contribution is 0.0600. The van der Waals surface area contributed by atoms with E-state index in [1.54, 1.807) is 0 Å². The highest BCUT2D eigenvalue weighted by Gasteiger charge is 2.38. The number of anilines is 1. The smallest absolute Gasteiger partial charge is 0.337 e. The maximum absolute atomic E-state index is 11.7. The second-order valence-corrected chi connectivity index (χ2v) is 7.06. The topological polar surface area (TPSA) is 38.3 Å². The fourth-order valence-corrected chi connectivity index (χ4v) is 4.19. The molecule has 0 saturated carbocycles. The summed E-state index contributed by atoms with van der Waals surface area (Å²) in [6.45, 7) is 4.35. The van der Waals surface area contributed by atoms with Gasteiger partial charge in [-0.05, 0) is 60.6 Å². The van der Waals surface area contributed by atoms with Gasteiger partial charge in [-0.25, -0.2) is 4.79 Å². The number of carbonyl (C=O) groups is 1. The van der Waals surface area contributed by atoms with Crippen molar-refractivity contribution in [2.45, 2.75) is 32.2 Å². The van der Waals surface area contributed by atoms with Crippen LogP contribution in [0.15, 0.2) is 48.6 Å². The summed E-state index contributed by atoms with van der Waals surface area (Å²) >= 11 is 0. The van der Waals surface area contributed by atoms with E-state index in [9.17, 15) is 4.79 Å². The number of methoxy groups -OCH3 is 1. The van der Waals surface area contributed by atoms with E-state index in [-0.39, 0.29) is 12.0 Å². The van der Waals surface area contributed by atoms with Crippen LogP contribution in [-0.2, 0) is 4.74 Å². The average molecular weight is 333 g/mol. The molecule has 2 aliphatic rings. The van der Waals surface area contributed by atoms with Gasteiger partial charge in [0.1, 0.15) is 0 Å². The van der Waals surface area contributed by atoms with Gasteiger partial charge in [-0.3, -0.25) is 0 Å². The number of ether oxygens (including phenoxy) is 1. The molecule has 3 atom stereocenters. The fraction of sp³-hybridized carbons (Fsp3) is 0.318. The molecule has 0 saturated heterocycles. The maximum Gasteiger partial charge on any atom is 0.337 e. The molecule has 1 N–H and O–H groups in total. The zero-order valence-corrected chi connectivity index (χ0v) is 14.9. The molecular weight excluding hydrogens is 310 g/mol. The Morgan fingerprint density at radius 3 is 2.60 bits per heavy atom. The van der Waals surface area contributed by atoms with Crippen LogP contribution in [0.1, 0.15) is 51.0 Å². The third-order valence-electron chi connectivity index (χ3n) is 5.76. The van der Waals surface area contributed by atoms with Gasteiger partial charge >= 0.3 is 5.97 Å². The van der Waals surface area contributed by atoms with Crippen LogP contribution in [-0.4, -0.2) is 13.1 Å². The van der Waals surface area contributed by atoms with Gasteiger partial charge in [0.05, 0.1) is 18.7 Å². The monoisotopic (exact) mass is 333 g/mol. The van der Waals surface area contributed by atoms with E-state index in [0.717, 1.165) is 6.42 Å². The van der Waals surface area contributed by atoms with Crippen LogP contribution >= 0.6 is 0 Å². The number of fused-ring (bicyclic) bond motifs is 3. The molecule has 0 aromatic heterocycles. The van der Waals surface area contributed by atoms with Gasteiger partial charge in [0.25, 0.3) is 0 Å². The van der Waals surface area contributed by atoms with Crippen LogP contribution in [0.3, 0.4) is 0 Å². The van der Waals surface area contributed by atoms with E-state index in [0.29, 0.717) is 17.4 Å². The van der Waals surface area contributed by atoms with Crippen LogP contribution in [0, 0.1) is 19.8 Å².